The van der Waals surface area contributed by atoms with Crippen LogP contribution in [0, 0.1) is 5.92 Å². The van der Waals surface area contributed by atoms with Gasteiger partial charge in [-0.25, -0.2) is 0 Å². The molecule has 2 N–H and O–H groups in total. The average molecular weight is 283 g/mol. The van der Waals surface area contributed by atoms with E-state index in [0.29, 0.717) is 26.2 Å². The maximum Gasteiger partial charge on any atom is 0.311 e. The zero-order valence-corrected chi connectivity index (χ0v) is 12.0. The Kier molecular flexibility index (Phi) is 6.26. The van der Waals surface area contributed by atoms with Crippen molar-refractivity contribution in [3.63, 3.8) is 0 Å². The SMILES string of the molecule is O=C(NCCCOCC1CC1)C(=O)N1CCCNCC1. The molecule has 0 aromatic rings. The molecule has 2 amide bonds. The summed E-state index contributed by atoms with van der Waals surface area (Å²) in [6.07, 6.45) is 4.23. The molecular formula is C14H25N3O3. The number of nitrogens with zero attached hydrogens (tertiary/aromatic N) is 1. The number of ether oxygens (including phenoxy) is 1. The van der Waals surface area contributed by atoms with Crippen molar-refractivity contribution >= 4 is 11.8 Å². The van der Waals surface area contributed by atoms with Crippen LogP contribution < -0.4 is 10.6 Å². The molecule has 0 bridgehead atoms. The molecule has 6 heteroatoms. The minimum absolute atomic E-state index is 0.410. The van der Waals surface area contributed by atoms with Gasteiger partial charge >= 0.3 is 11.8 Å². The van der Waals surface area contributed by atoms with Gasteiger partial charge in [0.1, 0.15) is 0 Å². The number of carbonyl (C=O) groups is 2. The summed E-state index contributed by atoms with van der Waals surface area (Å²) in [6, 6.07) is 0. The highest BCUT2D eigenvalue weighted by molar-refractivity contribution is 6.35. The summed E-state index contributed by atoms with van der Waals surface area (Å²) in [7, 11) is 0. The van der Waals surface area contributed by atoms with Crippen molar-refractivity contribution in [1.82, 2.24) is 15.5 Å². The Bertz CT molecular complexity index is 324. The minimum atomic E-state index is -0.492. The van der Waals surface area contributed by atoms with Crippen molar-refractivity contribution in [2.45, 2.75) is 25.7 Å². The molecule has 0 aromatic carbocycles. The lowest BCUT2D eigenvalue weighted by molar-refractivity contribution is -0.145. The van der Waals surface area contributed by atoms with E-state index in [1.54, 1.807) is 4.90 Å². The van der Waals surface area contributed by atoms with Crippen LogP contribution in [0.2, 0.25) is 0 Å². The first kappa shape index (κ1) is 15.3. The maximum atomic E-state index is 11.9. The third-order valence-corrected chi connectivity index (χ3v) is 3.62. The minimum Gasteiger partial charge on any atom is -0.381 e. The van der Waals surface area contributed by atoms with E-state index < -0.39 is 11.8 Å². The summed E-state index contributed by atoms with van der Waals surface area (Å²) < 4.78 is 5.48. The van der Waals surface area contributed by atoms with Gasteiger partial charge in [-0.1, -0.05) is 0 Å². The molecule has 1 aliphatic heterocycles. The van der Waals surface area contributed by atoms with Gasteiger partial charge in [-0.3, -0.25) is 9.59 Å². The molecule has 1 saturated carbocycles. The number of hydrogen-bond acceptors (Lipinski definition) is 4. The third-order valence-electron chi connectivity index (χ3n) is 3.62. The van der Waals surface area contributed by atoms with E-state index in [1.165, 1.54) is 12.8 Å². The van der Waals surface area contributed by atoms with Gasteiger partial charge in [0.05, 0.1) is 0 Å². The van der Waals surface area contributed by atoms with Crippen LogP contribution in [-0.4, -0.2) is 62.7 Å². The Balaban J connectivity index is 1.54. The van der Waals surface area contributed by atoms with Gasteiger partial charge in [-0.05, 0) is 38.1 Å². The third kappa shape index (κ3) is 5.46. The summed E-state index contributed by atoms with van der Waals surface area (Å²) in [6.45, 7) is 4.92. The second-order valence-corrected chi connectivity index (χ2v) is 5.52. The van der Waals surface area contributed by atoms with E-state index in [0.717, 1.165) is 38.5 Å². The van der Waals surface area contributed by atoms with Crippen LogP contribution in [-0.2, 0) is 14.3 Å². The Morgan fingerprint density at radius 2 is 2.10 bits per heavy atom. The van der Waals surface area contributed by atoms with Gasteiger partial charge in [-0.15, -0.1) is 0 Å². The fraction of sp³-hybridized carbons (Fsp3) is 0.857. The molecular weight excluding hydrogens is 258 g/mol. The lowest BCUT2D eigenvalue weighted by Crippen LogP contribution is -2.44. The molecule has 0 radical (unpaired) electrons. The van der Waals surface area contributed by atoms with E-state index in [2.05, 4.69) is 10.6 Å². The normalized spacial score (nSPS) is 19.5. The predicted octanol–water partition coefficient (Wildman–Crippen LogP) is -0.259. The van der Waals surface area contributed by atoms with Crippen LogP contribution in [0.25, 0.3) is 0 Å². The van der Waals surface area contributed by atoms with Crippen molar-refractivity contribution in [2.24, 2.45) is 5.92 Å². The summed E-state index contributed by atoms with van der Waals surface area (Å²) in [5.74, 6) is -0.135. The zero-order valence-electron chi connectivity index (χ0n) is 12.0. The number of amides is 2. The highest BCUT2D eigenvalue weighted by atomic mass is 16.5. The summed E-state index contributed by atoms with van der Waals surface area (Å²) in [5.41, 5.74) is 0. The molecule has 1 saturated heterocycles. The maximum absolute atomic E-state index is 11.9. The monoisotopic (exact) mass is 283 g/mol. The van der Waals surface area contributed by atoms with Crippen LogP contribution in [0.3, 0.4) is 0 Å². The molecule has 114 valence electrons. The van der Waals surface area contributed by atoms with Crippen LogP contribution in [0.1, 0.15) is 25.7 Å². The lowest BCUT2D eigenvalue weighted by Gasteiger charge is -2.19. The molecule has 2 fully saturated rings. The molecule has 1 aliphatic carbocycles. The van der Waals surface area contributed by atoms with E-state index >= 15 is 0 Å². The Morgan fingerprint density at radius 3 is 2.90 bits per heavy atom. The van der Waals surface area contributed by atoms with E-state index in [9.17, 15) is 9.59 Å². The van der Waals surface area contributed by atoms with Crippen molar-refractivity contribution in [3.8, 4) is 0 Å². The summed E-state index contributed by atoms with van der Waals surface area (Å²) in [4.78, 5) is 25.3. The van der Waals surface area contributed by atoms with Crippen LogP contribution >= 0.6 is 0 Å². The van der Waals surface area contributed by atoms with Crippen molar-refractivity contribution in [1.29, 1.82) is 0 Å². The zero-order chi connectivity index (χ0) is 14.2. The van der Waals surface area contributed by atoms with E-state index in [1.807, 2.05) is 0 Å². The molecule has 0 unspecified atom stereocenters. The van der Waals surface area contributed by atoms with Crippen LogP contribution in [0.4, 0.5) is 0 Å². The first-order valence-electron chi connectivity index (χ1n) is 7.63. The topological polar surface area (TPSA) is 70.7 Å². The number of hydrogen-bond donors (Lipinski definition) is 2. The number of nitrogens with one attached hydrogen (secondary N) is 2. The standard InChI is InChI=1S/C14H25N3O3/c18-13(14(19)17-8-1-5-15-7-9-17)16-6-2-10-20-11-12-3-4-12/h12,15H,1-11H2,(H,16,18). The van der Waals surface area contributed by atoms with E-state index in [-0.39, 0.29) is 0 Å². The van der Waals surface area contributed by atoms with Gasteiger partial charge < -0.3 is 20.3 Å². The summed E-state index contributed by atoms with van der Waals surface area (Å²) >= 11 is 0. The number of rotatable bonds is 6. The molecule has 6 nitrogen and oxygen atoms in total. The Morgan fingerprint density at radius 1 is 1.25 bits per heavy atom. The van der Waals surface area contributed by atoms with Gasteiger partial charge in [0.2, 0.25) is 0 Å². The average Bonchev–Trinajstić information content (AvgIpc) is 3.27. The first-order chi connectivity index (χ1) is 9.77. The van der Waals surface area contributed by atoms with Gasteiger partial charge in [0, 0.05) is 39.4 Å². The fourth-order valence-electron chi connectivity index (χ4n) is 2.18. The summed E-state index contributed by atoms with van der Waals surface area (Å²) in [5, 5.41) is 5.88. The highest BCUT2D eigenvalue weighted by Gasteiger charge is 2.22. The molecule has 1 heterocycles. The molecule has 2 rings (SSSR count). The lowest BCUT2D eigenvalue weighted by atomic mass is 10.3. The van der Waals surface area contributed by atoms with Crippen molar-refractivity contribution in [2.75, 3.05) is 45.9 Å². The second kappa shape index (κ2) is 8.21. The van der Waals surface area contributed by atoms with Crippen LogP contribution in [0.5, 0.6) is 0 Å². The smallest absolute Gasteiger partial charge is 0.311 e. The molecule has 0 atom stereocenters. The van der Waals surface area contributed by atoms with Crippen LogP contribution in [0.15, 0.2) is 0 Å². The molecule has 20 heavy (non-hydrogen) atoms. The first-order valence-corrected chi connectivity index (χ1v) is 7.63. The van der Waals surface area contributed by atoms with Gasteiger partial charge in [0.25, 0.3) is 0 Å². The van der Waals surface area contributed by atoms with Gasteiger partial charge in [-0.2, -0.15) is 0 Å². The Labute approximate surface area is 120 Å². The predicted molar refractivity (Wildman–Crippen MR) is 75.2 cm³/mol. The quantitative estimate of drug-likeness (QED) is 0.520. The Hall–Kier alpha value is -1.14. The molecule has 0 aromatic heterocycles. The molecule has 0 spiro atoms. The van der Waals surface area contributed by atoms with Crippen molar-refractivity contribution < 1.29 is 14.3 Å². The van der Waals surface area contributed by atoms with E-state index in [4.69, 9.17) is 4.74 Å². The molecule has 2 aliphatic rings. The number of carbonyl (C=O) groups excluding carboxylic acids is 2. The van der Waals surface area contributed by atoms with Crippen molar-refractivity contribution in [3.05, 3.63) is 0 Å². The fourth-order valence-corrected chi connectivity index (χ4v) is 2.18. The largest absolute Gasteiger partial charge is 0.381 e. The highest BCUT2D eigenvalue weighted by Crippen LogP contribution is 2.28. The van der Waals surface area contributed by atoms with Gasteiger partial charge in [0.15, 0.2) is 0 Å². The second-order valence-electron chi connectivity index (χ2n) is 5.52.